The fourth-order valence-corrected chi connectivity index (χ4v) is 6.68. The highest BCUT2D eigenvalue weighted by Gasteiger charge is 2.32. The van der Waals surface area contributed by atoms with E-state index in [4.69, 9.17) is 26.3 Å². The number of carbonyl (C=O) groups is 1. The number of amides is 1. The van der Waals surface area contributed by atoms with Crippen molar-refractivity contribution in [3.8, 4) is 17.8 Å². The average molecular weight is 627 g/mol. The summed E-state index contributed by atoms with van der Waals surface area (Å²) in [5.41, 5.74) is 0.737. The molecule has 0 bridgehead atoms. The summed E-state index contributed by atoms with van der Waals surface area (Å²) >= 11 is 6.68. The van der Waals surface area contributed by atoms with E-state index in [9.17, 15) is 14.9 Å². The second-order valence-electron chi connectivity index (χ2n) is 11.4. The molecule has 2 fully saturated rings. The lowest BCUT2D eigenvalue weighted by Gasteiger charge is -2.40. The molecule has 11 nitrogen and oxygen atoms in total. The smallest absolute Gasteiger partial charge is 0.319 e. The van der Waals surface area contributed by atoms with E-state index in [0.717, 1.165) is 30.2 Å². The van der Waals surface area contributed by atoms with Crippen molar-refractivity contribution >= 4 is 45.1 Å². The normalized spacial score (nSPS) is 18.8. The Balaban J connectivity index is 1.52. The Morgan fingerprint density at radius 1 is 1.13 bits per heavy atom. The van der Waals surface area contributed by atoms with Crippen LogP contribution in [0.5, 0.6) is 6.01 Å². The van der Waals surface area contributed by atoms with E-state index < -0.39 is 0 Å². The molecular weight excluding hydrogens is 592 g/mol. The summed E-state index contributed by atoms with van der Waals surface area (Å²) in [5.74, 6) is 0.744. The molecule has 4 heterocycles. The van der Waals surface area contributed by atoms with E-state index in [1.54, 1.807) is 15.5 Å². The number of ether oxygens (including phenoxy) is 1. The maximum Gasteiger partial charge on any atom is 0.319 e. The second-order valence-corrected chi connectivity index (χ2v) is 11.9. The van der Waals surface area contributed by atoms with Crippen molar-refractivity contribution in [2.75, 3.05) is 44.7 Å². The zero-order valence-electron chi connectivity index (χ0n) is 25.4. The first-order chi connectivity index (χ1) is 21.8. The van der Waals surface area contributed by atoms with Gasteiger partial charge in [0, 0.05) is 37.5 Å². The number of hydrogen-bond donors (Lipinski definition) is 0. The van der Waals surface area contributed by atoms with Crippen molar-refractivity contribution in [2.24, 2.45) is 0 Å². The van der Waals surface area contributed by atoms with Gasteiger partial charge >= 0.3 is 6.01 Å². The molecule has 0 aliphatic carbocycles. The number of fused-ring (bicyclic) bond motifs is 2. The van der Waals surface area contributed by atoms with E-state index in [1.165, 1.54) is 6.08 Å². The second kappa shape index (κ2) is 12.8. The van der Waals surface area contributed by atoms with Crippen molar-refractivity contribution < 1.29 is 9.53 Å². The molecule has 2 aromatic carbocycles. The van der Waals surface area contributed by atoms with Crippen molar-refractivity contribution in [3.05, 3.63) is 70.3 Å². The fourth-order valence-electron chi connectivity index (χ4n) is 6.41. The standard InChI is InChI=1S/C33H35ClN8O3/c1-4-26-36-29-30(32(44)42(26)25-13-7-10-21-9-6-12-24(34)28(21)25)37-33(45-20-23-11-8-16-39(23)3)38-31(29)40-17-18-41(27(43)5-2)22(19-40)14-15-35/h5-7,9-10,12-13,22-23H,2,4,8,11,14,16-20H2,1,3H3/t22-,23-/m0/s1. The molecule has 6 rings (SSSR count). The number of nitriles is 1. The van der Waals surface area contributed by atoms with Crippen LogP contribution in [0.2, 0.25) is 5.02 Å². The molecule has 2 aromatic heterocycles. The van der Waals surface area contributed by atoms with Gasteiger partial charge in [-0.15, -0.1) is 0 Å². The van der Waals surface area contributed by atoms with Gasteiger partial charge in [0.15, 0.2) is 11.3 Å². The van der Waals surface area contributed by atoms with Gasteiger partial charge in [0.25, 0.3) is 5.56 Å². The van der Waals surface area contributed by atoms with E-state index in [0.29, 0.717) is 60.5 Å². The van der Waals surface area contributed by atoms with Crippen LogP contribution in [0.15, 0.2) is 53.8 Å². The Labute approximate surface area is 266 Å². The highest BCUT2D eigenvalue weighted by atomic mass is 35.5. The van der Waals surface area contributed by atoms with E-state index >= 15 is 0 Å². The number of nitrogens with zero attached hydrogens (tertiary/aromatic N) is 8. The third-order valence-corrected chi connectivity index (χ3v) is 9.10. The van der Waals surface area contributed by atoms with Gasteiger partial charge < -0.3 is 19.4 Å². The van der Waals surface area contributed by atoms with Crippen LogP contribution in [0.3, 0.4) is 0 Å². The van der Waals surface area contributed by atoms with Crippen molar-refractivity contribution in [3.63, 3.8) is 0 Å². The molecule has 4 aromatic rings. The first-order valence-corrected chi connectivity index (χ1v) is 15.6. The number of aryl methyl sites for hydroxylation is 1. The Morgan fingerprint density at radius 3 is 2.64 bits per heavy atom. The number of halogens is 1. The van der Waals surface area contributed by atoms with Crippen molar-refractivity contribution in [2.45, 2.75) is 44.7 Å². The Hall–Kier alpha value is -4.53. The summed E-state index contributed by atoms with van der Waals surface area (Å²) in [6.45, 7) is 8.05. The molecule has 45 heavy (non-hydrogen) atoms. The van der Waals surface area contributed by atoms with E-state index in [1.807, 2.05) is 42.2 Å². The van der Waals surface area contributed by atoms with Crippen LogP contribution >= 0.6 is 11.6 Å². The summed E-state index contributed by atoms with van der Waals surface area (Å²) in [4.78, 5) is 47.4. The minimum Gasteiger partial charge on any atom is -0.462 e. The molecule has 232 valence electrons. The Morgan fingerprint density at radius 2 is 1.93 bits per heavy atom. The van der Waals surface area contributed by atoms with Gasteiger partial charge in [-0.2, -0.15) is 15.2 Å². The van der Waals surface area contributed by atoms with Gasteiger partial charge in [-0.3, -0.25) is 14.2 Å². The minimum atomic E-state index is -0.389. The number of anilines is 1. The molecule has 2 atom stereocenters. The van der Waals surface area contributed by atoms with Crippen molar-refractivity contribution in [1.82, 2.24) is 29.3 Å². The molecule has 1 amide bonds. The third-order valence-electron chi connectivity index (χ3n) is 8.78. The van der Waals surface area contributed by atoms with E-state index in [2.05, 4.69) is 29.6 Å². The SMILES string of the molecule is C=CC(=O)N1CCN(c2nc(OC[C@@H]3CCCN3C)nc3c(=O)n(-c4cccc5cccc(Cl)c45)c(CC)nc23)C[C@@H]1CC#N. The lowest BCUT2D eigenvalue weighted by Crippen LogP contribution is -2.55. The Kier molecular flexibility index (Phi) is 8.70. The average Bonchev–Trinajstić information content (AvgIpc) is 3.47. The number of likely N-dealkylation sites (N-methyl/N-ethyl adjacent to an activating group) is 1. The quantitative estimate of drug-likeness (QED) is 0.266. The zero-order valence-corrected chi connectivity index (χ0v) is 26.2. The minimum absolute atomic E-state index is 0.0879. The zero-order chi connectivity index (χ0) is 31.7. The van der Waals surface area contributed by atoms with Crippen LogP contribution in [0.25, 0.3) is 27.5 Å². The highest BCUT2D eigenvalue weighted by molar-refractivity contribution is 6.36. The molecule has 2 saturated heterocycles. The van der Waals surface area contributed by atoms with Gasteiger partial charge in [0.05, 0.1) is 29.2 Å². The topological polar surface area (TPSA) is 120 Å². The maximum absolute atomic E-state index is 14.5. The predicted molar refractivity (Wildman–Crippen MR) is 174 cm³/mol. The number of piperazine rings is 1. The molecule has 2 aliphatic rings. The number of rotatable bonds is 8. The van der Waals surface area contributed by atoms with Crippen molar-refractivity contribution in [1.29, 1.82) is 5.26 Å². The number of hydrogen-bond acceptors (Lipinski definition) is 9. The number of benzene rings is 2. The van der Waals surface area contributed by atoms with Crippen LogP contribution in [0.4, 0.5) is 5.82 Å². The summed E-state index contributed by atoms with van der Waals surface area (Å²) in [6, 6.07) is 13.5. The molecule has 0 unspecified atom stereocenters. The molecule has 12 heteroatoms. The molecule has 0 N–H and O–H groups in total. The molecule has 2 aliphatic heterocycles. The van der Waals surface area contributed by atoms with Gasteiger partial charge in [0.2, 0.25) is 5.91 Å². The van der Waals surface area contributed by atoms with Gasteiger partial charge in [-0.1, -0.05) is 49.4 Å². The van der Waals surface area contributed by atoms with Gasteiger partial charge in [-0.25, -0.2) is 4.98 Å². The third kappa shape index (κ3) is 5.72. The first kappa shape index (κ1) is 30.5. The van der Waals surface area contributed by atoms with Gasteiger partial charge in [-0.05, 0) is 50.0 Å². The lowest BCUT2D eigenvalue weighted by atomic mass is 10.1. The Bertz CT molecular complexity index is 1880. The van der Waals surface area contributed by atoms with Gasteiger partial charge in [0.1, 0.15) is 17.9 Å². The predicted octanol–water partition coefficient (Wildman–Crippen LogP) is 4.13. The van der Waals surface area contributed by atoms with Crippen LogP contribution in [-0.4, -0.2) is 87.1 Å². The number of likely N-dealkylation sites (tertiary alicyclic amines) is 1. The number of aromatic nitrogens is 4. The first-order valence-electron chi connectivity index (χ1n) is 15.2. The maximum atomic E-state index is 14.5. The molecule has 0 radical (unpaired) electrons. The summed E-state index contributed by atoms with van der Waals surface area (Å²) < 4.78 is 7.76. The highest BCUT2D eigenvalue weighted by Crippen LogP contribution is 2.32. The summed E-state index contributed by atoms with van der Waals surface area (Å²) in [6.07, 6.45) is 3.95. The largest absolute Gasteiger partial charge is 0.462 e. The van der Waals surface area contributed by atoms with Crippen LogP contribution in [-0.2, 0) is 11.2 Å². The van der Waals surface area contributed by atoms with Crippen LogP contribution < -0.4 is 15.2 Å². The molecule has 0 saturated carbocycles. The monoisotopic (exact) mass is 626 g/mol. The number of carbonyl (C=O) groups excluding carboxylic acids is 1. The van der Waals surface area contributed by atoms with Crippen LogP contribution in [0, 0.1) is 11.3 Å². The lowest BCUT2D eigenvalue weighted by molar-refractivity contribution is -0.128. The van der Waals surface area contributed by atoms with E-state index in [-0.39, 0.29) is 41.5 Å². The van der Waals surface area contributed by atoms with Crippen LogP contribution in [0.1, 0.15) is 32.0 Å². The molecule has 0 spiro atoms. The molecular formula is C33H35ClN8O3. The summed E-state index contributed by atoms with van der Waals surface area (Å²) in [7, 11) is 2.07. The fraction of sp³-hybridized carbons (Fsp3) is 0.394. The summed E-state index contributed by atoms with van der Waals surface area (Å²) in [5, 5.41) is 11.7.